The average Bonchev–Trinajstić information content (AvgIpc) is 2.92. The molecule has 10 atom stereocenters. The molecule has 1 aromatic carbocycles. The second-order valence-corrected chi connectivity index (χ2v) is 9.75. The van der Waals surface area contributed by atoms with Gasteiger partial charge in [0.25, 0.3) is 0 Å². The molecule has 0 aromatic heterocycles. The molecule has 0 saturated carbocycles. The van der Waals surface area contributed by atoms with Gasteiger partial charge in [-0.2, -0.15) is 0 Å². The molecule has 12 heteroatoms. The Morgan fingerprint density at radius 3 is 2.03 bits per heavy atom. The van der Waals surface area contributed by atoms with Gasteiger partial charge in [0, 0.05) is 34.0 Å². The van der Waals surface area contributed by atoms with Crippen LogP contribution in [0.2, 0.25) is 0 Å². The molecule has 0 bridgehead atoms. The maximum absolute atomic E-state index is 10.6. The summed E-state index contributed by atoms with van der Waals surface area (Å²) >= 11 is 0. The maximum Gasteiger partial charge on any atom is 0.229 e. The number of methoxy groups -OCH3 is 4. The molecule has 12 nitrogen and oxygen atoms in total. The van der Waals surface area contributed by atoms with Gasteiger partial charge in [-0.05, 0) is 17.5 Å². The third-order valence-electron chi connectivity index (χ3n) is 7.00. The Bertz CT molecular complexity index is 854. The van der Waals surface area contributed by atoms with Crippen LogP contribution in [-0.2, 0) is 39.8 Å². The van der Waals surface area contributed by atoms with Crippen molar-refractivity contribution in [2.24, 2.45) is 0 Å². The minimum Gasteiger partial charge on any atom is -0.462 e. The van der Waals surface area contributed by atoms with E-state index in [9.17, 15) is 20.4 Å². The molecule has 2 saturated heterocycles. The highest BCUT2D eigenvalue weighted by atomic mass is 16.7. The molecule has 0 radical (unpaired) electrons. The number of aliphatic hydroxyl groups excluding tert-OH is 4. The van der Waals surface area contributed by atoms with Gasteiger partial charge in [0.1, 0.15) is 54.6 Å². The van der Waals surface area contributed by atoms with E-state index in [2.05, 4.69) is 0 Å². The fourth-order valence-corrected chi connectivity index (χ4v) is 4.75. The summed E-state index contributed by atoms with van der Waals surface area (Å²) in [6, 6.07) is 5.36. The SMILES string of the molecule is COC[C@H]1O[C@@H](OC[C@H]2O[C@@H](Oc3cc(C(C)C)ccc3CO)[C@H](O)[C@@H](O)[C@@H]2O)[C@@H](OC)[C@@H](OC)[C@@H]1OC. The van der Waals surface area contributed by atoms with Crippen molar-refractivity contribution in [3.63, 3.8) is 0 Å². The standard InChI is InChI=1S/C26H42O12/c1-13(2)14-7-8-15(10-27)16(9-14)36-25-21(30)20(29)19(28)17(37-25)12-35-26-24(34-6)23(33-5)22(32-4)18(38-26)11-31-3/h7-9,13,17-30H,10-12H2,1-6H3/t17-,18-,19-,20+,21-,22-,23+,24+,25-,26-/m1/s1. The van der Waals surface area contributed by atoms with Gasteiger partial charge in [-0.3, -0.25) is 0 Å². The predicted octanol–water partition coefficient (Wildman–Crippen LogP) is -0.0784. The molecular formula is C26H42O12. The van der Waals surface area contributed by atoms with Gasteiger partial charge < -0.3 is 58.3 Å². The van der Waals surface area contributed by atoms with E-state index in [-0.39, 0.29) is 25.7 Å². The number of benzene rings is 1. The number of aliphatic hydroxyl groups is 4. The highest BCUT2D eigenvalue weighted by molar-refractivity contribution is 5.38. The highest BCUT2D eigenvalue weighted by Crippen LogP contribution is 2.32. The van der Waals surface area contributed by atoms with Crippen LogP contribution in [0.15, 0.2) is 18.2 Å². The molecule has 38 heavy (non-hydrogen) atoms. The molecule has 0 aliphatic carbocycles. The molecule has 4 N–H and O–H groups in total. The Hall–Kier alpha value is -1.42. The third kappa shape index (κ3) is 6.83. The lowest BCUT2D eigenvalue weighted by Crippen LogP contribution is -2.63. The number of rotatable bonds is 12. The second-order valence-electron chi connectivity index (χ2n) is 9.75. The molecular weight excluding hydrogens is 504 g/mol. The van der Waals surface area contributed by atoms with Crippen LogP contribution in [-0.4, -0.2) is 123 Å². The van der Waals surface area contributed by atoms with Gasteiger partial charge in [0.15, 0.2) is 6.29 Å². The zero-order valence-corrected chi connectivity index (χ0v) is 22.8. The molecule has 2 aliphatic rings. The van der Waals surface area contributed by atoms with Crippen LogP contribution in [0.1, 0.15) is 30.9 Å². The van der Waals surface area contributed by atoms with Gasteiger partial charge in [-0.25, -0.2) is 0 Å². The normalized spacial score (nSPS) is 36.0. The Balaban J connectivity index is 1.75. The topological polar surface area (TPSA) is 155 Å². The Morgan fingerprint density at radius 1 is 0.789 bits per heavy atom. The summed E-state index contributed by atoms with van der Waals surface area (Å²) in [7, 11) is 6.08. The molecule has 0 spiro atoms. The van der Waals surface area contributed by atoms with Crippen LogP contribution in [0.3, 0.4) is 0 Å². The van der Waals surface area contributed by atoms with E-state index in [0.717, 1.165) is 5.56 Å². The number of hydrogen-bond donors (Lipinski definition) is 4. The van der Waals surface area contributed by atoms with Crippen molar-refractivity contribution in [2.75, 3.05) is 41.7 Å². The van der Waals surface area contributed by atoms with Gasteiger partial charge in [-0.15, -0.1) is 0 Å². The monoisotopic (exact) mass is 546 g/mol. The van der Waals surface area contributed by atoms with E-state index in [4.69, 9.17) is 37.9 Å². The summed E-state index contributed by atoms with van der Waals surface area (Å²) in [5.74, 6) is 0.493. The van der Waals surface area contributed by atoms with Gasteiger partial charge in [0.2, 0.25) is 6.29 Å². The Kier molecular flexibility index (Phi) is 11.7. The van der Waals surface area contributed by atoms with Gasteiger partial charge in [0.05, 0.1) is 19.8 Å². The fraction of sp³-hybridized carbons (Fsp3) is 0.769. The van der Waals surface area contributed by atoms with E-state index in [1.54, 1.807) is 12.1 Å². The predicted molar refractivity (Wildman–Crippen MR) is 133 cm³/mol. The van der Waals surface area contributed by atoms with Crippen LogP contribution < -0.4 is 4.74 Å². The Labute approximate surface area is 223 Å². The number of hydrogen-bond acceptors (Lipinski definition) is 12. The summed E-state index contributed by atoms with van der Waals surface area (Å²) in [6.07, 6.45) is -10.2. The fourth-order valence-electron chi connectivity index (χ4n) is 4.75. The van der Waals surface area contributed by atoms with Gasteiger partial charge >= 0.3 is 0 Å². The van der Waals surface area contributed by atoms with Crippen molar-refractivity contribution < 1.29 is 58.3 Å². The number of ether oxygens (including phenoxy) is 8. The summed E-state index contributed by atoms with van der Waals surface area (Å²) in [4.78, 5) is 0. The summed E-state index contributed by atoms with van der Waals surface area (Å²) in [5, 5.41) is 41.5. The second kappa shape index (κ2) is 14.3. The molecule has 0 amide bonds. The first kappa shape index (κ1) is 31.1. The molecule has 2 aliphatic heterocycles. The molecule has 1 aromatic rings. The molecule has 2 fully saturated rings. The first-order valence-corrected chi connectivity index (χ1v) is 12.6. The molecule has 218 valence electrons. The minimum absolute atomic E-state index is 0.190. The van der Waals surface area contributed by atoms with Crippen molar-refractivity contribution in [2.45, 2.75) is 87.8 Å². The third-order valence-corrected chi connectivity index (χ3v) is 7.00. The average molecular weight is 547 g/mol. The largest absolute Gasteiger partial charge is 0.462 e. The van der Waals surface area contributed by atoms with E-state index in [1.165, 1.54) is 28.4 Å². The first-order valence-electron chi connectivity index (χ1n) is 12.6. The zero-order valence-electron chi connectivity index (χ0n) is 22.8. The quantitative estimate of drug-likeness (QED) is 0.277. The van der Waals surface area contributed by atoms with E-state index < -0.39 is 61.4 Å². The molecule has 2 heterocycles. The van der Waals surface area contributed by atoms with E-state index in [0.29, 0.717) is 11.3 Å². The van der Waals surface area contributed by atoms with Crippen molar-refractivity contribution in [1.82, 2.24) is 0 Å². The minimum atomic E-state index is -1.58. The van der Waals surface area contributed by atoms with Crippen LogP contribution >= 0.6 is 0 Å². The van der Waals surface area contributed by atoms with Gasteiger partial charge in [-0.1, -0.05) is 26.0 Å². The lowest BCUT2D eigenvalue weighted by atomic mass is 9.97. The Morgan fingerprint density at radius 2 is 1.45 bits per heavy atom. The van der Waals surface area contributed by atoms with E-state index in [1.807, 2.05) is 19.9 Å². The van der Waals surface area contributed by atoms with Crippen molar-refractivity contribution in [3.05, 3.63) is 29.3 Å². The maximum atomic E-state index is 10.6. The highest BCUT2D eigenvalue weighted by Gasteiger charge is 2.49. The van der Waals surface area contributed by atoms with Crippen molar-refractivity contribution in [3.8, 4) is 5.75 Å². The van der Waals surface area contributed by atoms with Crippen molar-refractivity contribution in [1.29, 1.82) is 0 Å². The van der Waals surface area contributed by atoms with E-state index >= 15 is 0 Å². The van der Waals surface area contributed by atoms with Crippen LogP contribution in [0.4, 0.5) is 0 Å². The summed E-state index contributed by atoms with van der Waals surface area (Å²) < 4.78 is 45.8. The lowest BCUT2D eigenvalue weighted by Gasteiger charge is -2.45. The zero-order chi connectivity index (χ0) is 28.0. The first-order chi connectivity index (χ1) is 18.2. The smallest absolute Gasteiger partial charge is 0.229 e. The molecule has 3 rings (SSSR count). The summed E-state index contributed by atoms with van der Waals surface area (Å²) in [5.41, 5.74) is 1.44. The molecule has 0 unspecified atom stereocenters. The summed E-state index contributed by atoms with van der Waals surface area (Å²) in [6.45, 7) is 3.70. The van der Waals surface area contributed by atoms with Crippen LogP contribution in [0.5, 0.6) is 5.75 Å². The van der Waals surface area contributed by atoms with Crippen molar-refractivity contribution >= 4 is 0 Å². The lowest BCUT2D eigenvalue weighted by molar-refractivity contribution is -0.330. The van der Waals surface area contributed by atoms with Crippen LogP contribution in [0, 0.1) is 0 Å². The van der Waals surface area contributed by atoms with Crippen LogP contribution in [0.25, 0.3) is 0 Å².